The van der Waals surface area contributed by atoms with E-state index in [1.165, 1.54) is 7.11 Å². The zero-order valence-corrected chi connectivity index (χ0v) is 10.2. The Bertz CT molecular complexity index is 424. The number of ether oxygens (including phenoxy) is 2. The highest BCUT2D eigenvalue weighted by molar-refractivity contribution is 5.95. The van der Waals surface area contributed by atoms with E-state index in [1.807, 2.05) is 0 Å². The molecule has 4 nitrogen and oxygen atoms in total. The van der Waals surface area contributed by atoms with Gasteiger partial charge in [0.2, 0.25) is 0 Å². The summed E-state index contributed by atoms with van der Waals surface area (Å²) in [6, 6.07) is 6.95. The van der Waals surface area contributed by atoms with Gasteiger partial charge < -0.3 is 14.8 Å². The summed E-state index contributed by atoms with van der Waals surface area (Å²) in [5.74, 6) is -0.425. The van der Waals surface area contributed by atoms with Gasteiger partial charge in [0, 0.05) is 12.8 Å². The number of hydrogen-bond donors (Lipinski definition) is 1. The molecule has 1 saturated heterocycles. The number of halogens is 1. The largest absolute Gasteiger partial charge is 0.465 e. The number of anilines is 1. The molecule has 0 saturated carbocycles. The second kappa shape index (κ2) is 5.82. The molecule has 1 aliphatic heterocycles. The van der Waals surface area contributed by atoms with E-state index in [9.17, 15) is 9.18 Å². The highest BCUT2D eigenvalue weighted by atomic mass is 19.1. The van der Waals surface area contributed by atoms with E-state index in [0.717, 1.165) is 0 Å². The maximum Gasteiger partial charge on any atom is 0.339 e. The fraction of sp³-hybridized carbons (Fsp3) is 0.462. The van der Waals surface area contributed by atoms with E-state index in [1.54, 1.807) is 24.3 Å². The van der Waals surface area contributed by atoms with Crippen LogP contribution in [0.4, 0.5) is 10.1 Å². The Kier molecular flexibility index (Phi) is 4.15. The minimum atomic E-state index is -0.860. The molecule has 18 heavy (non-hydrogen) atoms. The summed E-state index contributed by atoms with van der Waals surface area (Å²) in [6.07, 6.45) is -0.548. The Morgan fingerprint density at radius 1 is 1.50 bits per heavy atom. The number of para-hydroxylation sites is 1. The van der Waals surface area contributed by atoms with Crippen LogP contribution in [0.25, 0.3) is 0 Å². The molecule has 1 aliphatic rings. The van der Waals surface area contributed by atoms with Gasteiger partial charge in [0.25, 0.3) is 0 Å². The zero-order valence-electron chi connectivity index (χ0n) is 10.2. The third-order valence-electron chi connectivity index (χ3n) is 2.87. The van der Waals surface area contributed by atoms with Gasteiger partial charge in [0.1, 0.15) is 12.4 Å². The predicted molar refractivity (Wildman–Crippen MR) is 65.3 cm³/mol. The molecule has 0 radical (unpaired) electrons. The minimum Gasteiger partial charge on any atom is -0.465 e. The molecule has 1 N–H and O–H groups in total. The van der Waals surface area contributed by atoms with E-state index in [4.69, 9.17) is 9.47 Å². The molecule has 1 fully saturated rings. The zero-order chi connectivity index (χ0) is 13.0. The van der Waals surface area contributed by atoms with Gasteiger partial charge >= 0.3 is 5.97 Å². The van der Waals surface area contributed by atoms with Gasteiger partial charge in [0.15, 0.2) is 0 Å². The van der Waals surface area contributed by atoms with Crippen LogP contribution in [-0.2, 0) is 9.47 Å². The van der Waals surface area contributed by atoms with Crippen molar-refractivity contribution in [2.24, 2.45) is 0 Å². The number of hydrogen-bond acceptors (Lipinski definition) is 4. The monoisotopic (exact) mass is 253 g/mol. The molecule has 0 amide bonds. The molecule has 0 bridgehead atoms. The molecule has 0 aliphatic carbocycles. The van der Waals surface area contributed by atoms with Gasteiger partial charge in [0.05, 0.1) is 25.0 Å². The maximum absolute atomic E-state index is 13.3. The summed E-state index contributed by atoms with van der Waals surface area (Å²) >= 11 is 0. The summed E-state index contributed by atoms with van der Waals surface area (Å²) in [4.78, 5) is 11.6. The first-order chi connectivity index (χ1) is 8.70. The van der Waals surface area contributed by atoms with Gasteiger partial charge in [-0.05, 0) is 12.1 Å². The highest BCUT2D eigenvalue weighted by Gasteiger charge is 2.23. The summed E-state index contributed by atoms with van der Waals surface area (Å²) in [5.41, 5.74) is 1.02. The quantitative estimate of drug-likeness (QED) is 0.840. The van der Waals surface area contributed by atoms with Gasteiger partial charge in [-0.2, -0.15) is 0 Å². The summed E-state index contributed by atoms with van der Waals surface area (Å²) in [7, 11) is 1.33. The number of carbonyl (C=O) groups is 1. The van der Waals surface area contributed by atoms with Gasteiger partial charge in [-0.1, -0.05) is 12.1 Å². The van der Waals surface area contributed by atoms with E-state index in [0.29, 0.717) is 24.3 Å². The van der Waals surface area contributed by atoms with Crippen LogP contribution in [-0.4, -0.2) is 32.1 Å². The van der Waals surface area contributed by atoms with Crippen molar-refractivity contribution in [2.75, 3.05) is 19.0 Å². The predicted octanol–water partition coefficient (Wildman–Crippen LogP) is 2.36. The van der Waals surface area contributed by atoms with Crippen molar-refractivity contribution in [1.29, 1.82) is 0 Å². The average molecular weight is 253 g/mol. The van der Waals surface area contributed by atoms with Gasteiger partial charge in [-0.3, -0.25) is 0 Å². The smallest absolute Gasteiger partial charge is 0.339 e. The first-order valence-electron chi connectivity index (χ1n) is 5.90. The summed E-state index contributed by atoms with van der Waals surface area (Å²) in [5, 5.41) is 3.03. The Labute approximate surface area is 105 Å². The molecule has 1 aromatic carbocycles. The summed E-state index contributed by atoms with van der Waals surface area (Å²) in [6.45, 7) is 0.388. The highest BCUT2D eigenvalue weighted by Crippen LogP contribution is 2.22. The topological polar surface area (TPSA) is 47.6 Å². The maximum atomic E-state index is 13.3. The normalized spacial score (nSPS) is 23.4. The lowest BCUT2D eigenvalue weighted by atomic mass is 10.1. The van der Waals surface area contributed by atoms with Crippen molar-refractivity contribution in [3.63, 3.8) is 0 Å². The van der Waals surface area contributed by atoms with Gasteiger partial charge in [-0.15, -0.1) is 0 Å². The standard InChI is InChI=1S/C13H16FNO3/c1-17-13(16)10-4-2-3-5-11(10)15-12-8-9(14)6-7-18-12/h2-5,9,12,15H,6-8H2,1H3. The Morgan fingerprint density at radius 3 is 3.00 bits per heavy atom. The van der Waals surface area contributed by atoms with E-state index >= 15 is 0 Å². The fourth-order valence-electron chi connectivity index (χ4n) is 1.93. The summed E-state index contributed by atoms with van der Waals surface area (Å²) < 4.78 is 23.4. The lowest BCUT2D eigenvalue weighted by molar-refractivity contribution is -0.00198. The molecule has 1 aromatic rings. The Balaban J connectivity index is 2.10. The Morgan fingerprint density at radius 2 is 2.28 bits per heavy atom. The molecule has 2 rings (SSSR count). The van der Waals surface area contributed by atoms with E-state index in [-0.39, 0.29) is 6.42 Å². The molecule has 2 unspecified atom stereocenters. The molecule has 98 valence electrons. The van der Waals surface area contributed by atoms with Crippen molar-refractivity contribution >= 4 is 11.7 Å². The third kappa shape index (κ3) is 2.98. The van der Waals surface area contributed by atoms with Crippen LogP contribution >= 0.6 is 0 Å². The molecular weight excluding hydrogens is 237 g/mol. The second-order valence-electron chi connectivity index (χ2n) is 4.16. The number of carbonyl (C=O) groups excluding carboxylic acids is 1. The first-order valence-corrected chi connectivity index (χ1v) is 5.90. The number of rotatable bonds is 3. The lowest BCUT2D eigenvalue weighted by Gasteiger charge is -2.27. The van der Waals surface area contributed by atoms with Crippen LogP contribution in [0.15, 0.2) is 24.3 Å². The first kappa shape index (κ1) is 12.8. The average Bonchev–Trinajstić information content (AvgIpc) is 2.38. The molecule has 1 heterocycles. The number of benzene rings is 1. The number of methoxy groups -OCH3 is 1. The SMILES string of the molecule is COC(=O)c1ccccc1NC1CC(F)CCO1. The second-order valence-corrected chi connectivity index (χ2v) is 4.16. The van der Waals surface area contributed by atoms with Crippen molar-refractivity contribution in [2.45, 2.75) is 25.2 Å². The van der Waals surface area contributed by atoms with Crippen LogP contribution in [0.2, 0.25) is 0 Å². The minimum absolute atomic E-state index is 0.287. The molecule has 5 heteroatoms. The van der Waals surface area contributed by atoms with Crippen LogP contribution in [0.5, 0.6) is 0 Å². The van der Waals surface area contributed by atoms with Crippen molar-refractivity contribution < 1.29 is 18.7 Å². The lowest BCUT2D eigenvalue weighted by Crippen LogP contribution is -2.33. The molecule has 2 atom stereocenters. The molecule has 0 spiro atoms. The van der Waals surface area contributed by atoms with E-state index in [2.05, 4.69) is 5.32 Å². The third-order valence-corrected chi connectivity index (χ3v) is 2.87. The van der Waals surface area contributed by atoms with Crippen molar-refractivity contribution in [3.05, 3.63) is 29.8 Å². The Hall–Kier alpha value is -1.62. The molecule has 0 aromatic heterocycles. The number of esters is 1. The van der Waals surface area contributed by atoms with Crippen LogP contribution in [0.3, 0.4) is 0 Å². The van der Waals surface area contributed by atoms with Crippen LogP contribution < -0.4 is 5.32 Å². The van der Waals surface area contributed by atoms with Crippen molar-refractivity contribution in [3.8, 4) is 0 Å². The van der Waals surface area contributed by atoms with Gasteiger partial charge in [-0.25, -0.2) is 9.18 Å². The van der Waals surface area contributed by atoms with Crippen LogP contribution in [0.1, 0.15) is 23.2 Å². The number of nitrogens with one attached hydrogen (secondary N) is 1. The number of alkyl halides is 1. The van der Waals surface area contributed by atoms with E-state index < -0.39 is 18.4 Å². The van der Waals surface area contributed by atoms with Crippen LogP contribution in [0, 0.1) is 0 Å². The van der Waals surface area contributed by atoms with Crippen molar-refractivity contribution in [1.82, 2.24) is 0 Å². The molecular formula is C13H16FNO3. The fourth-order valence-corrected chi connectivity index (χ4v) is 1.93.